The van der Waals surface area contributed by atoms with Crippen LogP contribution in [0.4, 0.5) is 13.2 Å². The average Bonchev–Trinajstić information content (AvgIpc) is 2.62. The molecule has 2 aromatic rings. The highest BCUT2D eigenvalue weighted by atomic mass is 19.3. The van der Waals surface area contributed by atoms with Gasteiger partial charge in [0, 0.05) is 6.08 Å². The van der Waals surface area contributed by atoms with Gasteiger partial charge in [-0.15, -0.1) is 0 Å². The predicted octanol–water partition coefficient (Wildman–Crippen LogP) is 5.20. The van der Waals surface area contributed by atoms with E-state index in [1.807, 2.05) is 0 Å². The number of ether oxygens (including phenoxy) is 1. The SMILES string of the molecule is O=C(O)/C=C/c1ccc(C(F)(F)Oc2ccc(CCCCF)cc2)cc1. The summed E-state index contributed by atoms with van der Waals surface area (Å²) in [6.07, 6.45) is 0.589. The molecule has 0 fully saturated rings. The fourth-order valence-corrected chi connectivity index (χ4v) is 2.31. The highest BCUT2D eigenvalue weighted by Gasteiger charge is 2.34. The van der Waals surface area contributed by atoms with Crippen LogP contribution in [-0.4, -0.2) is 17.8 Å². The first kappa shape index (κ1) is 19.6. The molecule has 0 unspecified atom stereocenters. The minimum atomic E-state index is -3.52. The summed E-state index contributed by atoms with van der Waals surface area (Å²) in [6.45, 7) is -0.363. The van der Waals surface area contributed by atoms with Crippen molar-refractivity contribution < 1.29 is 27.8 Å². The number of aryl methyl sites for hydroxylation is 1. The molecule has 0 bridgehead atoms. The number of rotatable bonds is 9. The molecule has 2 aromatic carbocycles. The van der Waals surface area contributed by atoms with E-state index >= 15 is 0 Å². The number of unbranched alkanes of at least 4 members (excludes halogenated alkanes) is 1. The average molecular weight is 364 g/mol. The van der Waals surface area contributed by atoms with E-state index in [0.717, 1.165) is 11.6 Å². The van der Waals surface area contributed by atoms with Crippen LogP contribution in [0, 0.1) is 0 Å². The minimum absolute atomic E-state index is 0.0269. The zero-order valence-corrected chi connectivity index (χ0v) is 14.0. The molecule has 138 valence electrons. The Morgan fingerprint density at radius 2 is 1.69 bits per heavy atom. The van der Waals surface area contributed by atoms with Gasteiger partial charge in [-0.2, -0.15) is 8.78 Å². The van der Waals surface area contributed by atoms with Crippen molar-refractivity contribution in [2.24, 2.45) is 0 Å². The van der Waals surface area contributed by atoms with E-state index in [4.69, 9.17) is 9.84 Å². The van der Waals surface area contributed by atoms with Crippen molar-refractivity contribution >= 4 is 12.0 Å². The lowest BCUT2D eigenvalue weighted by Crippen LogP contribution is -2.21. The molecule has 0 aliphatic carbocycles. The summed E-state index contributed by atoms with van der Waals surface area (Å²) >= 11 is 0. The fraction of sp³-hybridized carbons (Fsp3) is 0.250. The molecule has 3 nitrogen and oxygen atoms in total. The molecule has 26 heavy (non-hydrogen) atoms. The summed E-state index contributed by atoms with van der Waals surface area (Å²) in [5.41, 5.74) is 1.09. The molecule has 0 spiro atoms. The third-order valence-corrected chi connectivity index (χ3v) is 3.68. The van der Waals surface area contributed by atoms with Crippen molar-refractivity contribution in [1.29, 1.82) is 0 Å². The van der Waals surface area contributed by atoms with Gasteiger partial charge < -0.3 is 9.84 Å². The van der Waals surface area contributed by atoms with Gasteiger partial charge in [0.2, 0.25) is 0 Å². The maximum absolute atomic E-state index is 14.3. The summed E-state index contributed by atoms with van der Waals surface area (Å²) in [6, 6.07) is 11.4. The zero-order chi connectivity index (χ0) is 19.0. The minimum Gasteiger partial charge on any atom is -0.478 e. The number of carbonyl (C=O) groups is 1. The van der Waals surface area contributed by atoms with E-state index in [-0.39, 0.29) is 18.0 Å². The smallest absolute Gasteiger partial charge is 0.426 e. The Labute approximate surface area is 149 Å². The second-order valence-corrected chi connectivity index (χ2v) is 5.70. The summed E-state index contributed by atoms with van der Waals surface area (Å²) in [5.74, 6) is -1.09. The van der Waals surface area contributed by atoms with Crippen LogP contribution in [0.3, 0.4) is 0 Å². The quantitative estimate of drug-likeness (QED) is 0.491. The Morgan fingerprint density at radius 1 is 1.04 bits per heavy atom. The first-order valence-corrected chi connectivity index (χ1v) is 8.14. The standard InChI is InChI=1S/C20H19F3O3/c21-14-2-1-3-15-6-11-18(12-7-15)26-20(22,23)17-9-4-16(5-10-17)8-13-19(24)25/h4-13H,1-3,14H2,(H,24,25)/b13-8+. The summed E-state index contributed by atoms with van der Waals surface area (Å²) in [4.78, 5) is 10.5. The maximum Gasteiger partial charge on any atom is 0.426 e. The van der Waals surface area contributed by atoms with Crippen molar-refractivity contribution in [1.82, 2.24) is 0 Å². The molecule has 0 aromatic heterocycles. The molecule has 0 heterocycles. The van der Waals surface area contributed by atoms with Crippen LogP contribution in [0.25, 0.3) is 6.08 Å². The molecule has 6 heteroatoms. The van der Waals surface area contributed by atoms with Gasteiger partial charge in [-0.05, 0) is 60.7 Å². The third-order valence-electron chi connectivity index (χ3n) is 3.68. The lowest BCUT2D eigenvalue weighted by Gasteiger charge is -2.18. The number of alkyl halides is 3. The second-order valence-electron chi connectivity index (χ2n) is 5.70. The van der Waals surface area contributed by atoms with Crippen molar-refractivity contribution in [2.75, 3.05) is 6.67 Å². The van der Waals surface area contributed by atoms with E-state index in [0.29, 0.717) is 24.8 Å². The van der Waals surface area contributed by atoms with E-state index in [1.165, 1.54) is 42.5 Å². The Bertz CT molecular complexity index is 738. The highest BCUT2D eigenvalue weighted by molar-refractivity contribution is 5.85. The van der Waals surface area contributed by atoms with Crippen LogP contribution in [0.1, 0.15) is 29.5 Å². The van der Waals surface area contributed by atoms with Crippen LogP contribution in [0.5, 0.6) is 5.75 Å². The van der Waals surface area contributed by atoms with Gasteiger partial charge in [-0.25, -0.2) is 4.79 Å². The Kier molecular flexibility index (Phi) is 6.83. The molecule has 0 saturated heterocycles. The van der Waals surface area contributed by atoms with Crippen LogP contribution in [0.2, 0.25) is 0 Å². The van der Waals surface area contributed by atoms with Gasteiger partial charge >= 0.3 is 12.1 Å². The van der Waals surface area contributed by atoms with Crippen LogP contribution in [-0.2, 0) is 17.3 Å². The molecular weight excluding hydrogens is 345 g/mol. The van der Waals surface area contributed by atoms with Crippen molar-refractivity contribution in [3.05, 3.63) is 71.3 Å². The van der Waals surface area contributed by atoms with Crippen molar-refractivity contribution in [2.45, 2.75) is 25.4 Å². The number of aliphatic carboxylic acids is 1. The largest absolute Gasteiger partial charge is 0.478 e. The predicted molar refractivity (Wildman–Crippen MR) is 93.0 cm³/mol. The summed E-state index contributed by atoms with van der Waals surface area (Å²) < 4.78 is 45.4. The number of hydrogen-bond donors (Lipinski definition) is 1. The molecule has 2 rings (SSSR count). The van der Waals surface area contributed by atoms with Crippen LogP contribution >= 0.6 is 0 Å². The number of carboxylic acid groups (broad SMARTS) is 1. The lowest BCUT2D eigenvalue weighted by atomic mass is 10.1. The zero-order valence-electron chi connectivity index (χ0n) is 14.0. The van der Waals surface area contributed by atoms with Gasteiger partial charge in [0.1, 0.15) is 5.75 Å². The molecule has 0 aliphatic rings. The Balaban J connectivity index is 2.02. The normalized spacial score (nSPS) is 11.7. The third kappa shape index (κ3) is 5.95. The Morgan fingerprint density at radius 3 is 2.27 bits per heavy atom. The Hall–Kier alpha value is -2.76. The van der Waals surface area contributed by atoms with E-state index in [2.05, 4.69) is 0 Å². The summed E-state index contributed by atoms with van der Waals surface area (Å²) in [5, 5.41) is 8.56. The molecule has 0 aliphatic heterocycles. The van der Waals surface area contributed by atoms with E-state index in [1.54, 1.807) is 12.1 Å². The first-order chi connectivity index (χ1) is 12.4. The lowest BCUT2D eigenvalue weighted by molar-refractivity contribution is -0.185. The molecule has 0 radical (unpaired) electrons. The molecule has 0 amide bonds. The maximum atomic E-state index is 14.3. The van der Waals surface area contributed by atoms with Crippen LogP contribution < -0.4 is 4.74 Å². The molecule has 0 atom stereocenters. The van der Waals surface area contributed by atoms with E-state index < -0.39 is 12.1 Å². The number of hydrogen-bond acceptors (Lipinski definition) is 2. The molecular formula is C20H19F3O3. The number of carboxylic acids is 1. The number of benzene rings is 2. The van der Waals surface area contributed by atoms with Crippen LogP contribution in [0.15, 0.2) is 54.6 Å². The van der Waals surface area contributed by atoms with Gasteiger partial charge in [0.15, 0.2) is 0 Å². The summed E-state index contributed by atoms with van der Waals surface area (Å²) in [7, 11) is 0. The molecule has 1 N–H and O–H groups in total. The highest BCUT2D eigenvalue weighted by Crippen LogP contribution is 2.32. The first-order valence-electron chi connectivity index (χ1n) is 8.14. The number of halogens is 3. The van der Waals surface area contributed by atoms with Crippen molar-refractivity contribution in [3.63, 3.8) is 0 Å². The van der Waals surface area contributed by atoms with Gasteiger partial charge in [0.25, 0.3) is 0 Å². The monoisotopic (exact) mass is 364 g/mol. The topological polar surface area (TPSA) is 46.5 Å². The van der Waals surface area contributed by atoms with Crippen molar-refractivity contribution in [3.8, 4) is 5.75 Å². The molecule has 0 saturated carbocycles. The van der Waals surface area contributed by atoms with Gasteiger partial charge in [-0.3, -0.25) is 4.39 Å². The van der Waals surface area contributed by atoms with Gasteiger partial charge in [0.05, 0.1) is 12.2 Å². The second kappa shape index (κ2) is 9.08. The van der Waals surface area contributed by atoms with E-state index in [9.17, 15) is 18.0 Å². The fourth-order valence-electron chi connectivity index (χ4n) is 2.31. The van der Waals surface area contributed by atoms with Gasteiger partial charge in [-0.1, -0.05) is 24.3 Å².